The summed E-state index contributed by atoms with van der Waals surface area (Å²) in [5, 5.41) is 7.31. The molecule has 3 rings (SSSR count). The summed E-state index contributed by atoms with van der Waals surface area (Å²) in [5.74, 6) is 0.848. The van der Waals surface area contributed by atoms with Gasteiger partial charge in [0.2, 0.25) is 0 Å². The zero-order chi connectivity index (χ0) is 14.8. The molecule has 110 valence electrons. The summed E-state index contributed by atoms with van der Waals surface area (Å²) in [7, 11) is 0. The first-order valence-corrected chi connectivity index (χ1v) is 7.24. The van der Waals surface area contributed by atoms with Gasteiger partial charge in [0.05, 0.1) is 29.6 Å². The molecule has 0 spiro atoms. The Morgan fingerprint density at radius 2 is 2.00 bits per heavy atom. The SMILES string of the molecule is CCNCc1cc(Cn2cnc3cc(C)c(C)cc32)on1. The van der Waals surface area contributed by atoms with Gasteiger partial charge < -0.3 is 14.4 Å². The lowest BCUT2D eigenvalue weighted by molar-refractivity contribution is 0.370. The van der Waals surface area contributed by atoms with Crippen LogP contribution in [-0.2, 0) is 13.1 Å². The fourth-order valence-corrected chi connectivity index (χ4v) is 2.37. The van der Waals surface area contributed by atoms with Crippen molar-refractivity contribution in [2.24, 2.45) is 0 Å². The molecule has 0 amide bonds. The maximum absolute atomic E-state index is 5.40. The Bertz CT molecular complexity index is 757. The summed E-state index contributed by atoms with van der Waals surface area (Å²) in [6, 6.07) is 6.29. The van der Waals surface area contributed by atoms with Gasteiger partial charge in [-0.05, 0) is 43.7 Å². The molecule has 3 aromatic rings. The number of benzene rings is 1. The molecule has 21 heavy (non-hydrogen) atoms. The van der Waals surface area contributed by atoms with Crippen molar-refractivity contribution in [2.75, 3.05) is 6.54 Å². The predicted molar refractivity (Wildman–Crippen MR) is 82.2 cm³/mol. The summed E-state index contributed by atoms with van der Waals surface area (Å²) >= 11 is 0. The van der Waals surface area contributed by atoms with Crippen LogP contribution in [0.5, 0.6) is 0 Å². The minimum atomic E-state index is 0.651. The second kappa shape index (κ2) is 5.69. The maximum atomic E-state index is 5.40. The third-order valence-corrected chi connectivity index (χ3v) is 3.73. The van der Waals surface area contributed by atoms with Crippen LogP contribution in [0.25, 0.3) is 11.0 Å². The molecule has 0 unspecified atom stereocenters. The van der Waals surface area contributed by atoms with E-state index in [1.807, 2.05) is 12.4 Å². The molecule has 0 aliphatic carbocycles. The lowest BCUT2D eigenvalue weighted by atomic mass is 10.1. The van der Waals surface area contributed by atoms with Crippen molar-refractivity contribution >= 4 is 11.0 Å². The number of hydrogen-bond donors (Lipinski definition) is 1. The van der Waals surface area contributed by atoms with Crippen molar-refractivity contribution < 1.29 is 4.52 Å². The van der Waals surface area contributed by atoms with Gasteiger partial charge in [-0.2, -0.15) is 0 Å². The number of hydrogen-bond acceptors (Lipinski definition) is 4. The molecule has 0 fully saturated rings. The Labute approximate surface area is 124 Å². The third kappa shape index (κ3) is 2.83. The lowest BCUT2D eigenvalue weighted by Gasteiger charge is -2.03. The normalized spacial score (nSPS) is 11.4. The Kier molecular flexibility index (Phi) is 3.75. The first-order valence-electron chi connectivity index (χ1n) is 7.24. The van der Waals surface area contributed by atoms with E-state index in [9.17, 15) is 0 Å². The number of imidazole rings is 1. The van der Waals surface area contributed by atoms with Crippen molar-refractivity contribution in [2.45, 2.75) is 33.9 Å². The largest absolute Gasteiger partial charge is 0.359 e. The number of nitrogens with zero attached hydrogens (tertiary/aromatic N) is 3. The molecule has 0 atom stereocenters. The van der Waals surface area contributed by atoms with E-state index in [0.717, 1.165) is 35.6 Å². The highest BCUT2D eigenvalue weighted by Gasteiger charge is 2.09. The summed E-state index contributed by atoms with van der Waals surface area (Å²) in [6.07, 6.45) is 1.86. The summed E-state index contributed by atoms with van der Waals surface area (Å²) in [6.45, 7) is 8.61. The van der Waals surface area contributed by atoms with Crippen LogP contribution < -0.4 is 5.32 Å². The van der Waals surface area contributed by atoms with Gasteiger partial charge in [-0.15, -0.1) is 0 Å². The zero-order valence-electron chi connectivity index (χ0n) is 12.7. The van der Waals surface area contributed by atoms with E-state index in [1.165, 1.54) is 11.1 Å². The molecule has 5 nitrogen and oxygen atoms in total. The first kappa shape index (κ1) is 13.8. The highest BCUT2D eigenvalue weighted by Crippen LogP contribution is 2.19. The van der Waals surface area contributed by atoms with Crippen LogP contribution in [0.15, 0.2) is 29.0 Å². The molecule has 0 aliphatic heterocycles. The molecule has 2 heterocycles. The Hall–Kier alpha value is -2.14. The van der Waals surface area contributed by atoms with E-state index in [2.05, 4.69) is 52.9 Å². The third-order valence-electron chi connectivity index (χ3n) is 3.73. The summed E-state index contributed by atoms with van der Waals surface area (Å²) in [4.78, 5) is 4.46. The van der Waals surface area contributed by atoms with Gasteiger partial charge in [0, 0.05) is 12.6 Å². The number of fused-ring (bicyclic) bond motifs is 1. The molecule has 0 radical (unpaired) electrons. The second-order valence-electron chi connectivity index (χ2n) is 5.36. The van der Waals surface area contributed by atoms with E-state index in [-0.39, 0.29) is 0 Å². The number of aromatic nitrogens is 3. The summed E-state index contributed by atoms with van der Waals surface area (Å²) in [5.41, 5.74) is 5.62. The van der Waals surface area contributed by atoms with E-state index in [4.69, 9.17) is 4.52 Å². The van der Waals surface area contributed by atoms with Crippen molar-refractivity contribution in [3.8, 4) is 0 Å². The van der Waals surface area contributed by atoms with Crippen LogP contribution in [-0.4, -0.2) is 21.3 Å². The quantitative estimate of drug-likeness (QED) is 0.782. The van der Waals surface area contributed by atoms with Crippen LogP contribution >= 0.6 is 0 Å². The standard InChI is InChI=1S/C16H20N4O/c1-4-17-8-13-7-14(21-19-13)9-20-10-18-15-5-11(2)12(3)6-16(15)20/h5-7,10,17H,4,8-9H2,1-3H3. The fourth-order valence-electron chi connectivity index (χ4n) is 2.37. The van der Waals surface area contributed by atoms with Gasteiger partial charge in [0.15, 0.2) is 5.76 Å². The van der Waals surface area contributed by atoms with Gasteiger partial charge in [-0.3, -0.25) is 0 Å². The van der Waals surface area contributed by atoms with Crippen molar-refractivity contribution in [1.29, 1.82) is 0 Å². The van der Waals surface area contributed by atoms with E-state index < -0.39 is 0 Å². The monoisotopic (exact) mass is 284 g/mol. The molecule has 0 saturated heterocycles. The number of rotatable bonds is 5. The van der Waals surface area contributed by atoms with Gasteiger partial charge >= 0.3 is 0 Å². The fraction of sp³-hybridized carbons (Fsp3) is 0.375. The Morgan fingerprint density at radius 1 is 1.19 bits per heavy atom. The van der Waals surface area contributed by atoms with Crippen LogP contribution in [0.4, 0.5) is 0 Å². The second-order valence-corrected chi connectivity index (χ2v) is 5.36. The molecule has 0 aliphatic rings. The van der Waals surface area contributed by atoms with Gasteiger partial charge in [-0.25, -0.2) is 4.98 Å². The van der Waals surface area contributed by atoms with Crippen molar-refractivity contribution in [3.05, 3.63) is 47.1 Å². The summed E-state index contributed by atoms with van der Waals surface area (Å²) < 4.78 is 7.50. The zero-order valence-corrected chi connectivity index (χ0v) is 12.7. The van der Waals surface area contributed by atoms with Crippen LogP contribution in [0, 0.1) is 13.8 Å². The molecule has 0 saturated carbocycles. The van der Waals surface area contributed by atoms with Crippen molar-refractivity contribution in [3.63, 3.8) is 0 Å². The Balaban J connectivity index is 1.84. The average molecular weight is 284 g/mol. The molecule has 0 bridgehead atoms. The molecular formula is C16H20N4O. The number of nitrogens with one attached hydrogen (secondary N) is 1. The smallest absolute Gasteiger partial charge is 0.156 e. The van der Waals surface area contributed by atoms with Gasteiger partial charge in [-0.1, -0.05) is 12.1 Å². The van der Waals surface area contributed by atoms with E-state index in [1.54, 1.807) is 0 Å². The molecule has 5 heteroatoms. The van der Waals surface area contributed by atoms with Crippen LogP contribution in [0.2, 0.25) is 0 Å². The molecule has 1 N–H and O–H groups in total. The van der Waals surface area contributed by atoms with Gasteiger partial charge in [0.1, 0.15) is 0 Å². The highest BCUT2D eigenvalue weighted by molar-refractivity contribution is 5.77. The van der Waals surface area contributed by atoms with Crippen LogP contribution in [0.1, 0.15) is 29.5 Å². The Morgan fingerprint density at radius 3 is 2.81 bits per heavy atom. The minimum absolute atomic E-state index is 0.651. The topological polar surface area (TPSA) is 55.9 Å². The molecule has 2 aromatic heterocycles. The predicted octanol–water partition coefficient (Wildman–Crippen LogP) is 2.80. The van der Waals surface area contributed by atoms with Gasteiger partial charge in [0.25, 0.3) is 0 Å². The number of aryl methyl sites for hydroxylation is 2. The lowest BCUT2D eigenvalue weighted by Crippen LogP contribution is -2.11. The van der Waals surface area contributed by atoms with Crippen LogP contribution in [0.3, 0.4) is 0 Å². The van der Waals surface area contributed by atoms with Crippen molar-refractivity contribution in [1.82, 2.24) is 20.0 Å². The maximum Gasteiger partial charge on any atom is 0.156 e. The average Bonchev–Trinajstić information content (AvgIpc) is 3.06. The minimum Gasteiger partial charge on any atom is -0.359 e. The first-order chi connectivity index (χ1) is 10.2. The molecule has 1 aromatic carbocycles. The van der Waals surface area contributed by atoms with E-state index in [0.29, 0.717) is 6.54 Å². The molecular weight excluding hydrogens is 264 g/mol. The van der Waals surface area contributed by atoms with E-state index >= 15 is 0 Å². The highest BCUT2D eigenvalue weighted by atomic mass is 16.5.